The number of aryl methyl sites for hydroxylation is 1. The molecule has 2 rings (SSSR count). The van der Waals surface area contributed by atoms with E-state index >= 15 is 0 Å². The van der Waals surface area contributed by atoms with E-state index in [2.05, 4.69) is 37.9 Å². The minimum Gasteiger partial charge on any atom is -0.323 e. The Hall–Kier alpha value is -0.230. The van der Waals surface area contributed by atoms with Gasteiger partial charge in [-0.2, -0.15) is 0 Å². The van der Waals surface area contributed by atoms with E-state index in [0.717, 1.165) is 13.1 Å². The van der Waals surface area contributed by atoms with Crippen LogP contribution in [0.4, 0.5) is 4.39 Å². The summed E-state index contributed by atoms with van der Waals surface area (Å²) >= 11 is 8.43. The van der Waals surface area contributed by atoms with Crippen LogP contribution in [0.2, 0.25) is 0 Å². The lowest BCUT2D eigenvalue weighted by Crippen LogP contribution is -2.12. The van der Waals surface area contributed by atoms with Gasteiger partial charge >= 0.3 is 0 Å². The summed E-state index contributed by atoms with van der Waals surface area (Å²) in [4.78, 5) is 1.07. The number of thiophene rings is 1. The van der Waals surface area contributed by atoms with Gasteiger partial charge in [0.25, 0.3) is 0 Å². The van der Waals surface area contributed by atoms with Crippen LogP contribution in [0.3, 0.4) is 0 Å². The molecule has 0 radical (unpaired) electrons. The van der Waals surface area contributed by atoms with Gasteiger partial charge in [0.2, 0.25) is 0 Å². The number of hydrogen-bond donors (Lipinski definition) is 1. The number of hydrogen-bond acceptors (Lipinski definition) is 2. The highest BCUT2D eigenvalue weighted by Gasteiger charge is 2.14. The van der Waals surface area contributed by atoms with Crippen LogP contribution in [0.25, 0.3) is 0 Å². The van der Waals surface area contributed by atoms with Crippen LogP contribution >= 0.6 is 43.2 Å². The van der Waals surface area contributed by atoms with Gasteiger partial charge in [0, 0.05) is 15.4 Å². The van der Waals surface area contributed by atoms with Crippen molar-refractivity contribution in [3.8, 4) is 0 Å². The first-order valence-corrected chi connectivity index (χ1v) is 7.83. The van der Waals surface area contributed by atoms with Gasteiger partial charge in [-0.25, -0.2) is 4.39 Å². The molecule has 0 saturated heterocycles. The Morgan fingerprint density at radius 2 is 2.06 bits per heavy atom. The Morgan fingerprint density at radius 3 is 2.67 bits per heavy atom. The van der Waals surface area contributed by atoms with Crippen molar-refractivity contribution in [2.75, 3.05) is 0 Å². The minimum absolute atomic E-state index is 0.177. The first-order chi connectivity index (χ1) is 8.47. The molecule has 2 aromatic rings. The molecule has 0 spiro atoms. The highest BCUT2D eigenvalue weighted by Crippen LogP contribution is 2.32. The number of rotatable bonds is 3. The smallest absolute Gasteiger partial charge is 0.126 e. The molecule has 1 aromatic carbocycles. The van der Waals surface area contributed by atoms with Crippen LogP contribution in [-0.4, -0.2) is 0 Å². The fraction of sp³-hybridized carbons (Fsp3) is 0.231. The van der Waals surface area contributed by atoms with Crippen LogP contribution < -0.4 is 5.73 Å². The maximum atomic E-state index is 13.6. The van der Waals surface area contributed by atoms with Crippen LogP contribution in [-0.2, 0) is 6.42 Å². The first-order valence-electron chi connectivity index (χ1n) is 5.42. The van der Waals surface area contributed by atoms with Gasteiger partial charge in [-0.05, 0) is 64.7 Å². The van der Waals surface area contributed by atoms with E-state index in [1.165, 1.54) is 11.6 Å². The second-order valence-corrected chi connectivity index (χ2v) is 7.47. The molecule has 0 aliphatic carbocycles. The standard InChI is InChI=1S/C13H12Br2FNS/c1-7-4-12(18-13(7)15)11(17)6-8-5-9(14)2-3-10(8)16/h2-5,11H,6,17H2,1H3. The lowest BCUT2D eigenvalue weighted by atomic mass is 10.0. The number of benzene rings is 1. The maximum absolute atomic E-state index is 13.6. The summed E-state index contributed by atoms with van der Waals surface area (Å²) in [5, 5.41) is 0. The molecule has 0 bridgehead atoms. The molecule has 0 aliphatic rings. The lowest BCUT2D eigenvalue weighted by Gasteiger charge is -2.10. The Bertz CT molecular complexity index is 549. The molecule has 0 aliphatic heterocycles. The molecular weight excluding hydrogens is 381 g/mol. The summed E-state index contributed by atoms with van der Waals surface area (Å²) in [6.07, 6.45) is 0.498. The van der Waals surface area contributed by atoms with Crippen LogP contribution in [0.15, 0.2) is 32.5 Å². The average molecular weight is 393 g/mol. The third kappa shape index (κ3) is 3.20. The zero-order valence-electron chi connectivity index (χ0n) is 9.71. The van der Waals surface area contributed by atoms with Crippen molar-refractivity contribution in [2.45, 2.75) is 19.4 Å². The van der Waals surface area contributed by atoms with Crippen LogP contribution in [0, 0.1) is 12.7 Å². The maximum Gasteiger partial charge on any atom is 0.126 e. The van der Waals surface area contributed by atoms with Crippen molar-refractivity contribution in [2.24, 2.45) is 5.73 Å². The van der Waals surface area contributed by atoms with Gasteiger partial charge < -0.3 is 5.73 Å². The lowest BCUT2D eigenvalue weighted by molar-refractivity contribution is 0.594. The summed E-state index contributed by atoms with van der Waals surface area (Å²) in [7, 11) is 0. The predicted octanol–water partition coefficient (Wildman–Crippen LogP) is 4.96. The highest BCUT2D eigenvalue weighted by molar-refractivity contribution is 9.11. The Morgan fingerprint density at radius 1 is 1.33 bits per heavy atom. The minimum atomic E-state index is -0.207. The van der Waals surface area contributed by atoms with Crippen molar-refractivity contribution in [3.63, 3.8) is 0 Å². The van der Waals surface area contributed by atoms with E-state index in [4.69, 9.17) is 5.73 Å². The Labute approximate surface area is 126 Å². The Kier molecular flexibility index (Phi) is 4.59. The third-order valence-electron chi connectivity index (χ3n) is 2.69. The zero-order chi connectivity index (χ0) is 13.3. The topological polar surface area (TPSA) is 26.0 Å². The summed E-state index contributed by atoms with van der Waals surface area (Å²) in [5.41, 5.74) is 7.94. The molecule has 1 nitrogen and oxygen atoms in total. The monoisotopic (exact) mass is 391 g/mol. The van der Waals surface area contributed by atoms with E-state index in [-0.39, 0.29) is 11.9 Å². The van der Waals surface area contributed by atoms with Crippen molar-refractivity contribution >= 4 is 43.2 Å². The van der Waals surface area contributed by atoms with E-state index in [1.54, 1.807) is 23.5 Å². The van der Waals surface area contributed by atoms with Gasteiger partial charge in [0.05, 0.1) is 3.79 Å². The van der Waals surface area contributed by atoms with Crippen molar-refractivity contribution in [1.29, 1.82) is 0 Å². The summed E-state index contributed by atoms with van der Waals surface area (Å²) in [6, 6.07) is 6.81. The van der Waals surface area contributed by atoms with E-state index < -0.39 is 0 Å². The molecule has 1 unspecified atom stereocenters. The fourth-order valence-corrected chi connectivity index (χ4v) is 3.68. The van der Waals surface area contributed by atoms with Gasteiger partial charge in [0.15, 0.2) is 0 Å². The highest BCUT2D eigenvalue weighted by atomic mass is 79.9. The second-order valence-electron chi connectivity index (χ2n) is 4.15. The molecule has 1 atom stereocenters. The molecule has 96 valence electrons. The van der Waals surface area contributed by atoms with Gasteiger partial charge in [-0.15, -0.1) is 11.3 Å². The molecule has 1 aromatic heterocycles. The van der Waals surface area contributed by atoms with E-state index in [0.29, 0.717) is 12.0 Å². The van der Waals surface area contributed by atoms with Gasteiger partial charge in [-0.3, -0.25) is 0 Å². The van der Waals surface area contributed by atoms with Gasteiger partial charge in [-0.1, -0.05) is 15.9 Å². The van der Waals surface area contributed by atoms with Crippen molar-refractivity contribution in [1.82, 2.24) is 0 Å². The largest absolute Gasteiger partial charge is 0.323 e. The SMILES string of the molecule is Cc1cc(C(N)Cc2cc(Br)ccc2F)sc1Br. The van der Waals surface area contributed by atoms with Crippen LogP contribution in [0.1, 0.15) is 22.0 Å². The second kappa shape index (κ2) is 5.82. The molecule has 1 heterocycles. The predicted molar refractivity (Wildman–Crippen MR) is 81.5 cm³/mol. The molecule has 0 saturated carbocycles. The molecule has 18 heavy (non-hydrogen) atoms. The molecule has 0 amide bonds. The Balaban J connectivity index is 2.20. The summed E-state index contributed by atoms with van der Waals surface area (Å²) in [6.45, 7) is 2.02. The van der Waals surface area contributed by atoms with E-state index in [1.807, 2.05) is 6.92 Å². The average Bonchev–Trinajstić information content (AvgIpc) is 2.64. The fourth-order valence-electron chi connectivity index (χ4n) is 1.70. The quantitative estimate of drug-likeness (QED) is 0.784. The van der Waals surface area contributed by atoms with Crippen molar-refractivity contribution < 1.29 is 4.39 Å². The summed E-state index contributed by atoms with van der Waals surface area (Å²) in [5.74, 6) is -0.207. The van der Waals surface area contributed by atoms with Crippen LogP contribution in [0.5, 0.6) is 0 Å². The molecule has 2 N–H and O–H groups in total. The molecular formula is C13H12Br2FNS. The number of halogens is 3. The normalized spacial score (nSPS) is 12.7. The first kappa shape index (κ1) is 14.2. The zero-order valence-corrected chi connectivity index (χ0v) is 13.7. The number of nitrogens with two attached hydrogens (primary N) is 1. The summed E-state index contributed by atoms with van der Waals surface area (Å²) < 4.78 is 15.6. The third-order valence-corrected chi connectivity index (χ3v) is 5.45. The van der Waals surface area contributed by atoms with E-state index in [9.17, 15) is 4.39 Å². The van der Waals surface area contributed by atoms with Crippen molar-refractivity contribution in [3.05, 3.63) is 54.3 Å². The molecule has 0 fully saturated rings. The van der Waals surface area contributed by atoms with Gasteiger partial charge in [0.1, 0.15) is 5.82 Å². The molecule has 5 heteroatoms.